The number of aromatic nitrogens is 1. The highest BCUT2D eigenvalue weighted by Crippen LogP contribution is 2.35. The molecule has 2 heterocycles. The van der Waals surface area contributed by atoms with Gasteiger partial charge in [0.25, 0.3) is 15.9 Å². The maximum atomic E-state index is 13.4. The molecule has 4 aromatic rings. The van der Waals surface area contributed by atoms with Crippen molar-refractivity contribution in [1.82, 2.24) is 4.98 Å². The minimum atomic E-state index is -3.92. The molecule has 0 saturated heterocycles. The zero-order valence-corrected chi connectivity index (χ0v) is 18.5. The number of anilines is 2. The molecule has 5 rings (SSSR count). The molecular weight excluding hydrogens is 454 g/mol. The van der Waals surface area contributed by atoms with E-state index >= 15 is 0 Å². The van der Waals surface area contributed by atoms with Crippen LogP contribution in [0.25, 0.3) is 10.2 Å². The van der Waals surface area contributed by atoms with Crippen LogP contribution in [0.3, 0.4) is 0 Å². The van der Waals surface area contributed by atoms with E-state index in [4.69, 9.17) is 11.6 Å². The number of halogens is 1. The van der Waals surface area contributed by atoms with E-state index < -0.39 is 15.9 Å². The summed E-state index contributed by atoms with van der Waals surface area (Å²) in [5, 5.41) is 3.26. The smallest absolute Gasteiger partial charge is 0.265 e. The number of hydrogen-bond donors (Lipinski definition) is 1. The zero-order chi connectivity index (χ0) is 21.6. The molecule has 0 saturated carbocycles. The standard InChI is InChI=1S/C22H16ClN3O3S2/c23-16-10-9-15(21(27)25-22-24-17-6-2-4-8-19(17)30-22)13-20(16)31(28,29)26-12-11-14-5-1-3-7-18(14)26/h1-10,13H,11-12H2,(H,24,25,27). The van der Waals surface area contributed by atoms with Gasteiger partial charge >= 0.3 is 0 Å². The zero-order valence-electron chi connectivity index (χ0n) is 16.1. The van der Waals surface area contributed by atoms with Gasteiger partial charge in [-0.05, 0) is 48.4 Å². The number of amides is 1. The highest BCUT2D eigenvalue weighted by Gasteiger charge is 2.32. The molecule has 6 nitrogen and oxygen atoms in total. The Bertz CT molecular complexity index is 1400. The van der Waals surface area contributed by atoms with Gasteiger partial charge in [-0.15, -0.1) is 0 Å². The summed E-state index contributed by atoms with van der Waals surface area (Å²) in [5.41, 5.74) is 2.58. The van der Waals surface area contributed by atoms with Gasteiger partial charge in [0.1, 0.15) is 4.90 Å². The quantitative estimate of drug-likeness (QED) is 0.458. The Kier molecular flexibility index (Phi) is 4.92. The third kappa shape index (κ3) is 3.56. The second-order valence-electron chi connectivity index (χ2n) is 7.04. The van der Waals surface area contributed by atoms with E-state index in [-0.39, 0.29) is 15.5 Å². The molecule has 1 aromatic heterocycles. The van der Waals surface area contributed by atoms with Crippen molar-refractivity contribution in [2.75, 3.05) is 16.2 Å². The molecule has 1 amide bonds. The van der Waals surface area contributed by atoms with E-state index in [0.717, 1.165) is 15.8 Å². The van der Waals surface area contributed by atoms with Crippen molar-refractivity contribution in [3.8, 4) is 0 Å². The number of carbonyl (C=O) groups excluding carboxylic acids is 1. The largest absolute Gasteiger partial charge is 0.298 e. The van der Waals surface area contributed by atoms with Crippen LogP contribution in [0.15, 0.2) is 71.6 Å². The summed E-state index contributed by atoms with van der Waals surface area (Å²) >= 11 is 7.61. The number of benzene rings is 3. The molecular formula is C22H16ClN3O3S2. The minimum Gasteiger partial charge on any atom is -0.298 e. The number of nitrogens with one attached hydrogen (secondary N) is 1. The second-order valence-corrected chi connectivity index (χ2v) is 10.3. The number of nitrogens with zero attached hydrogens (tertiary/aromatic N) is 2. The van der Waals surface area contributed by atoms with E-state index in [2.05, 4.69) is 10.3 Å². The van der Waals surface area contributed by atoms with Crippen LogP contribution in [-0.4, -0.2) is 25.9 Å². The molecule has 31 heavy (non-hydrogen) atoms. The molecule has 0 fully saturated rings. The summed E-state index contributed by atoms with van der Waals surface area (Å²) in [4.78, 5) is 17.1. The van der Waals surface area contributed by atoms with Crippen molar-refractivity contribution in [1.29, 1.82) is 0 Å². The molecule has 1 N–H and O–H groups in total. The van der Waals surface area contributed by atoms with Crippen LogP contribution in [0.2, 0.25) is 5.02 Å². The fraction of sp³-hybridized carbons (Fsp3) is 0.0909. The Morgan fingerprint density at radius 1 is 1.06 bits per heavy atom. The van der Waals surface area contributed by atoms with Gasteiger partial charge in [0, 0.05) is 12.1 Å². The predicted molar refractivity (Wildman–Crippen MR) is 124 cm³/mol. The lowest BCUT2D eigenvalue weighted by molar-refractivity contribution is 0.102. The molecule has 0 spiro atoms. The summed E-state index contributed by atoms with van der Waals surface area (Å²) in [6.45, 7) is 0.333. The van der Waals surface area contributed by atoms with Crippen LogP contribution in [0, 0.1) is 0 Å². The van der Waals surface area contributed by atoms with Gasteiger partial charge in [-0.2, -0.15) is 0 Å². The van der Waals surface area contributed by atoms with Crippen molar-refractivity contribution in [3.63, 3.8) is 0 Å². The fourth-order valence-corrected chi connectivity index (χ4v) is 6.48. The Morgan fingerprint density at radius 2 is 1.84 bits per heavy atom. The van der Waals surface area contributed by atoms with Gasteiger partial charge in [0.15, 0.2) is 5.13 Å². The van der Waals surface area contributed by atoms with Gasteiger partial charge in [-0.1, -0.05) is 53.3 Å². The van der Waals surface area contributed by atoms with Crippen molar-refractivity contribution >= 4 is 59.9 Å². The Morgan fingerprint density at radius 3 is 2.68 bits per heavy atom. The van der Waals surface area contributed by atoms with Crippen molar-refractivity contribution in [2.24, 2.45) is 0 Å². The number of carbonyl (C=O) groups is 1. The van der Waals surface area contributed by atoms with Crippen molar-refractivity contribution < 1.29 is 13.2 Å². The average molecular weight is 470 g/mol. The molecule has 0 radical (unpaired) electrons. The molecule has 1 aliphatic rings. The molecule has 0 bridgehead atoms. The highest BCUT2D eigenvalue weighted by atomic mass is 35.5. The van der Waals surface area contributed by atoms with Gasteiger partial charge in [0.05, 0.1) is 20.9 Å². The van der Waals surface area contributed by atoms with Crippen molar-refractivity contribution in [3.05, 3.63) is 82.9 Å². The fourth-order valence-electron chi connectivity index (χ4n) is 3.61. The Hall–Kier alpha value is -2.94. The van der Waals surface area contributed by atoms with Gasteiger partial charge in [0.2, 0.25) is 0 Å². The van der Waals surface area contributed by atoms with Gasteiger partial charge in [-0.3, -0.25) is 14.4 Å². The third-order valence-electron chi connectivity index (χ3n) is 5.12. The second kappa shape index (κ2) is 7.64. The van der Waals surface area contributed by atoms with E-state index in [0.29, 0.717) is 23.8 Å². The molecule has 3 aromatic carbocycles. The first kappa shape index (κ1) is 20.0. The number of sulfonamides is 1. The number of para-hydroxylation sites is 2. The summed E-state index contributed by atoms with van der Waals surface area (Å²) in [5.74, 6) is -0.450. The van der Waals surface area contributed by atoms with E-state index in [1.165, 1.54) is 33.8 Å². The lowest BCUT2D eigenvalue weighted by atomic mass is 10.2. The van der Waals surface area contributed by atoms with E-state index in [1.54, 1.807) is 12.1 Å². The third-order valence-corrected chi connectivity index (χ3v) is 8.37. The number of rotatable bonds is 4. The van der Waals surface area contributed by atoms with Crippen LogP contribution in [0.5, 0.6) is 0 Å². The monoisotopic (exact) mass is 469 g/mol. The predicted octanol–water partition coefficient (Wildman–Crippen LogP) is 4.95. The molecule has 0 atom stereocenters. The minimum absolute atomic E-state index is 0.0703. The normalized spacial score (nSPS) is 13.4. The Balaban J connectivity index is 1.47. The Labute approximate surface area is 188 Å². The van der Waals surface area contributed by atoms with Crippen LogP contribution in [-0.2, 0) is 16.4 Å². The first-order valence-corrected chi connectivity index (χ1v) is 12.1. The number of thiazole rings is 1. The number of hydrogen-bond acceptors (Lipinski definition) is 5. The van der Waals surface area contributed by atoms with Crippen LogP contribution < -0.4 is 9.62 Å². The van der Waals surface area contributed by atoms with Crippen molar-refractivity contribution in [2.45, 2.75) is 11.3 Å². The molecule has 156 valence electrons. The number of fused-ring (bicyclic) bond motifs is 2. The molecule has 0 unspecified atom stereocenters. The molecule has 1 aliphatic heterocycles. The molecule has 9 heteroatoms. The van der Waals surface area contributed by atoms with Crippen LogP contribution in [0.4, 0.5) is 10.8 Å². The lowest BCUT2D eigenvalue weighted by Gasteiger charge is -2.20. The maximum absolute atomic E-state index is 13.4. The molecule has 0 aliphatic carbocycles. The summed E-state index contributed by atoms with van der Waals surface area (Å²) < 4.78 is 29.0. The lowest BCUT2D eigenvalue weighted by Crippen LogP contribution is -2.29. The summed E-state index contributed by atoms with van der Waals surface area (Å²) in [6, 6.07) is 19.2. The van der Waals surface area contributed by atoms with E-state index in [9.17, 15) is 13.2 Å². The average Bonchev–Trinajstić information content (AvgIpc) is 3.37. The van der Waals surface area contributed by atoms with Crippen LogP contribution in [0.1, 0.15) is 15.9 Å². The topological polar surface area (TPSA) is 79.4 Å². The first-order valence-electron chi connectivity index (χ1n) is 9.50. The maximum Gasteiger partial charge on any atom is 0.265 e. The highest BCUT2D eigenvalue weighted by molar-refractivity contribution is 7.93. The summed E-state index contributed by atoms with van der Waals surface area (Å²) in [7, 11) is -3.92. The van der Waals surface area contributed by atoms with Gasteiger partial charge < -0.3 is 0 Å². The van der Waals surface area contributed by atoms with E-state index in [1.807, 2.05) is 36.4 Å². The first-order chi connectivity index (χ1) is 14.9. The SMILES string of the molecule is O=C(Nc1nc2ccccc2s1)c1ccc(Cl)c(S(=O)(=O)N2CCc3ccccc32)c1. The summed E-state index contributed by atoms with van der Waals surface area (Å²) in [6.07, 6.45) is 0.630. The van der Waals surface area contributed by atoms with Crippen LogP contribution >= 0.6 is 22.9 Å². The van der Waals surface area contributed by atoms with Gasteiger partial charge in [-0.25, -0.2) is 13.4 Å².